The zero-order valence-electron chi connectivity index (χ0n) is 18.9. The molecule has 0 bridgehead atoms. The average molecular weight is 437 g/mol. The first kappa shape index (κ1) is 25.9. The molecule has 31 heavy (non-hydrogen) atoms. The van der Waals surface area contributed by atoms with Gasteiger partial charge in [-0.2, -0.15) is 0 Å². The molecule has 0 spiro atoms. The maximum Gasteiger partial charge on any atom is 0.408 e. The molecule has 0 saturated carbocycles. The van der Waals surface area contributed by atoms with Crippen LogP contribution in [0.15, 0.2) is 30.3 Å². The fraction of sp³-hybridized carbons (Fsp3) is 0.545. The zero-order chi connectivity index (χ0) is 23.6. The Kier molecular flexibility index (Phi) is 9.98. The molecule has 0 saturated heterocycles. The maximum absolute atomic E-state index is 12.8. The number of methoxy groups -OCH3 is 1. The van der Waals surface area contributed by atoms with Crippen LogP contribution in [0.4, 0.5) is 4.79 Å². The summed E-state index contributed by atoms with van der Waals surface area (Å²) in [6.45, 7) is 8.57. The summed E-state index contributed by atoms with van der Waals surface area (Å²) in [6, 6.07) is 6.84. The number of alkyl carbamates (subject to hydrolysis) is 1. The Hall–Kier alpha value is -3.10. The summed E-state index contributed by atoms with van der Waals surface area (Å²) < 4.78 is 15.0. The number of rotatable bonds is 9. The fourth-order valence-electron chi connectivity index (χ4n) is 2.57. The van der Waals surface area contributed by atoms with E-state index in [-0.39, 0.29) is 12.5 Å². The van der Waals surface area contributed by atoms with E-state index >= 15 is 0 Å². The highest BCUT2D eigenvalue weighted by Gasteiger charge is 2.32. The Morgan fingerprint density at radius 3 is 2.13 bits per heavy atom. The van der Waals surface area contributed by atoms with Crippen LogP contribution in [-0.4, -0.2) is 48.7 Å². The van der Waals surface area contributed by atoms with Crippen molar-refractivity contribution in [3.8, 4) is 0 Å². The van der Waals surface area contributed by atoms with Gasteiger partial charge < -0.3 is 24.8 Å². The predicted octanol–water partition coefficient (Wildman–Crippen LogP) is 2.33. The largest absolute Gasteiger partial charge is 0.467 e. The van der Waals surface area contributed by atoms with Crippen molar-refractivity contribution in [1.29, 1.82) is 0 Å². The summed E-state index contributed by atoms with van der Waals surface area (Å²) in [6.07, 6.45) is -1.18. The normalized spacial score (nSPS) is 13.0. The van der Waals surface area contributed by atoms with Crippen LogP contribution in [-0.2, 0) is 35.2 Å². The summed E-state index contributed by atoms with van der Waals surface area (Å²) in [4.78, 5) is 49.1. The number of amides is 2. The number of benzene rings is 1. The lowest BCUT2D eigenvalue weighted by atomic mass is 10.0. The molecule has 0 fully saturated rings. The molecule has 0 aliphatic rings. The van der Waals surface area contributed by atoms with Gasteiger partial charge in [-0.3, -0.25) is 9.59 Å². The van der Waals surface area contributed by atoms with Crippen molar-refractivity contribution in [1.82, 2.24) is 10.6 Å². The van der Waals surface area contributed by atoms with E-state index in [1.165, 1.54) is 0 Å². The van der Waals surface area contributed by atoms with E-state index in [9.17, 15) is 19.2 Å². The van der Waals surface area contributed by atoms with Crippen LogP contribution >= 0.6 is 0 Å². The van der Waals surface area contributed by atoms with Crippen molar-refractivity contribution in [2.75, 3.05) is 7.11 Å². The van der Waals surface area contributed by atoms with Crippen LogP contribution in [0.25, 0.3) is 0 Å². The quantitative estimate of drug-likeness (QED) is 0.450. The number of ether oxygens (including phenoxy) is 3. The van der Waals surface area contributed by atoms with Crippen LogP contribution in [0.5, 0.6) is 0 Å². The van der Waals surface area contributed by atoms with Crippen molar-refractivity contribution >= 4 is 23.9 Å². The first-order valence-corrected chi connectivity index (χ1v) is 10.00. The first-order valence-electron chi connectivity index (χ1n) is 10.00. The standard InChI is InChI=1S/C22H32N2O7/c1-14(2)18(24-21(28)30-13-15-10-8-7-9-11-15)19(26)23-16(20(27)29-6)12-17(25)31-22(3,4)5/h7-11,14,16,18H,12-13H2,1-6H3,(H,23,26)(H,24,28)/t16-,18-/m1/s1. The SMILES string of the molecule is COC(=O)[C@@H](CC(=O)OC(C)(C)C)NC(=O)[C@H](NC(=O)OCc1ccccc1)C(C)C. The van der Waals surface area contributed by atoms with Gasteiger partial charge in [-0.15, -0.1) is 0 Å². The molecule has 2 N–H and O–H groups in total. The van der Waals surface area contributed by atoms with E-state index in [0.29, 0.717) is 0 Å². The molecular formula is C22H32N2O7. The van der Waals surface area contributed by atoms with Crippen molar-refractivity contribution in [3.63, 3.8) is 0 Å². The van der Waals surface area contributed by atoms with Gasteiger partial charge in [0, 0.05) is 0 Å². The molecule has 2 atom stereocenters. The number of carbonyl (C=O) groups excluding carboxylic acids is 4. The zero-order valence-corrected chi connectivity index (χ0v) is 18.9. The molecule has 2 amide bonds. The molecule has 0 aliphatic carbocycles. The van der Waals surface area contributed by atoms with Gasteiger partial charge in [0.2, 0.25) is 5.91 Å². The lowest BCUT2D eigenvalue weighted by Gasteiger charge is -2.25. The molecule has 0 heterocycles. The Morgan fingerprint density at radius 1 is 1.00 bits per heavy atom. The fourth-order valence-corrected chi connectivity index (χ4v) is 2.57. The van der Waals surface area contributed by atoms with Gasteiger partial charge in [0.1, 0.15) is 24.3 Å². The minimum Gasteiger partial charge on any atom is -0.467 e. The molecular weight excluding hydrogens is 404 g/mol. The van der Waals surface area contributed by atoms with Gasteiger partial charge >= 0.3 is 18.0 Å². The molecule has 172 valence electrons. The smallest absolute Gasteiger partial charge is 0.408 e. The van der Waals surface area contributed by atoms with Gasteiger partial charge in [0.05, 0.1) is 13.5 Å². The Morgan fingerprint density at radius 2 is 1.61 bits per heavy atom. The number of hydrogen-bond acceptors (Lipinski definition) is 7. The number of hydrogen-bond donors (Lipinski definition) is 2. The highest BCUT2D eigenvalue weighted by molar-refractivity contribution is 5.91. The van der Waals surface area contributed by atoms with Gasteiger partial charge in [-0.1, -0.05) is 44.2 Å². The summed E-state index contributed by atoms with van der Waals surface area (Å²) in [5.41, 5.74) is 0.0538. The lowest BCUT2D eigenvalue weighted by molar-refractivity contribution is -0.159. The van der Waals surface area contributed by atoms with Crippen molar-refractivity contribution < 1.29 is 33.4 Å². The van der Waals surface area contributed by atoms with E-state index in [4.69, 9.17) is 9.47 Å². The monoisotopic (exact) mass is 436 g/mol. The molecule has 0 aromatic heterocycles. The molecule has 0 unspecified atom stereocenters. The lowest BCUT2D eigenvalue weighted by Crippen LogP contribution is -2.54. The molecule has 1 aromatic rings. The van der Waals surface area contributed by atoms with Crippen LogP contribution < -0.4 is 10.6 Å². The Bertz CT molecular complexity index is 757. The highest BCUT2D eigenvalue weighted by atomic mass is 16.6. The van der Waals surface area contributed by atoms with Gasteiger partial charge in [0.15, 0.2) is 0 Å². The molecule has 0 radical (unpaired) electrons. The Balaban J connectivity index is 2.76. The third-order valence-electron chi connectivity index (χ3n) is 4.03. The highest BCUT2D eigenvalue weighted by Crippen LogP contribution is 2.11. The van der Waals surface area contributed by atoms with Gasteiger partial charge in [-0.25, -0.2) is 9.59 Å². The predicted molar refractivity (Wildman–Crippen MR) is 113 cm³/mol. The second-order valence-electron chi connectivity index (χ2n) is 8.30. The number of carbonyl (C=O) groups is 4. The van der Waals surface area contributed by atoms with Gasteiger partial charge in [-0.05, 0) is 32.3 Å². The van der Waals surface area contributed by atoms with Crippen LogP contribution in [0.2, 0.25) is 0 Å². The molecule has 1 aromatic carbocycles. The van der Waals surface area contributed by atoms with Crippen molar-refractivity contribution in [2.24, 2.45) is 5.92 Å². The number of nitrogens with one attached hydrogen (secondary N) is 2. The van der Waals surface area contributed by atoms with E-state index < -0.39 is 48.0 Å². The van der Waals surface area contributed by atoms with Crippen LogP contribution in [0.1, 0.15) is 46.6 Å². The Labute approximate surface area is 182 Å². The van der Waals surface area contributed by atoms with E-state index in [1.807, 2.05) is 18.2 Å². The van der Waals surface area contributed by atoms with E-state index in [1.54, 1.807) is 46.8 Å². The van der Waals surface area contributed by atoms with Crippen molar-refractivity contribution in [2.45, 2.75) is 65.3 Å². The van der Waals surface area contributed by atoms with E-state index in [2.05, 4.69) is 15.4 Å². The summed E-state index contributed by atoms with van der Waals surface area (Å²) in [7, 11) is 1.15. The topological polar surface area (TPSA) is 120 Å². The minimum atomic E-state index is -1.25. The molecule has 1 rings (SSSR count). The second kappa shape index (κ2) is 11.9. The summed E-state index contributed by atoms with van der Waals surface area (Å²) >= 11 is 0. The maximum atomic E-state index is 12.8. The molecule has 9 nitrogen and oxygen atoms in total. The third kappa shape index (κ3) is 9.97. The average Bonchev–Trinajstić information content (AvgIpc) is 2.68. The van der Waals surface area contributed by atoms with Crippen molar-refractivity contribution in [3.05, 3.63) is 35.9 Å². The van der Waals surface area contributed by atoms with Crippen LogP contribution in [0.3, 0.4) is 0 Å². The summed E-state index contributed by atoms with van der Waals surface area (Å²) in [5.74, 6) is -2.43. The number of esters is 2. The second-order valence-corrected chi connectivity index (χ2v) is 8.30. The van der Waals surface area contributed by atoms with Gasteiger partial charge in [0.25, 0.3) is 0 Å². The first-order chi connectivity index (χ1) is 14.4. The molecule has 0 aliphatic heterocycles. The summed E-state index contributed by atoms with van der Waals surface area (Å²) in [5, 5.41) is 4.96. The van der Waals surface area contributed by atoms with E-state index in [0.717, 1.165) is 12.7 Å². The minimum absolute atomic E-state index is 0.0442. The third-order valence-corrected chi connectivity index (χ3v) is 4.03. The molecule has 9 heteroatoms. The van der Waals surface area contributed by atoms with Crippen LogP contribution in [0, 0.1) is 5.92 Å².